The number of hydrogen-bond acceptors (Lipinski definition) is 2. The minimum Gasteiger partial charge on any atom is -0.324 e. The van der Waals surface area contributed by atoms with Gasteiger partial charge in [-0.3, -0.25) is 10.1 Å². The minimum absolute atomic E-state index is 0.133. The van der Waals surface area contributed by atoms with Crippen molar-refractivity contribution in [1.82, 2.24) is 5.32 Å². The van der Waals surface area contributed by atoms with Gasteiger partial charge in [-0.05, 0) is 36.6 Å². The van der Waals surface area contributed by atoms with E-state index in [2.05, 4.69) is 10.6 Å². The Hall–Kier alpha value is -2.34. The zero-order valence-corrected chi connectivity index (χ0v) is 12.8. The summed E-state index contributed by atoms with van der Waals surface area (Å²) in [4.78, 5) is 12.6. The van der Waals surface area contributed by atoms with Crippen LogP contribution in [0.1, 0.15) is 30.0 Å². The number of alkyl halides is 3. The first-order valence-corrected chi connectivity index (χ1v) is 7.72. The fourth-order valence-corrected chi connectivity index (χ4v) is 2.44. The standard InChI is InChI=1S/C18H17F3N2O/c19-18(20,21)13-7-4-8-15(11-13)23-17(24)16(22-14-9-10-14)12-5-2-1-3-6-12/h1-8,11,14,16,22H,9-10H2,(H,23,24). The van der Waals surface area contributed by atoms with E-state index in [0.717, 1.165) is 30.5 Å². The Morgan fingerprint density at radius 1 is 1.04 bits per heavy atom. The van der Waals surface area contributed by atoms with Gasteiger partial charge in [0.25, 0.3) is 0 Å². The van der Waals surface area contributed by atoms with Crippen LogP contribution in [0.3, 0.4) is 0 Å². The molecule has 6 heteroatoms. The van der Waals surface area contributed by atoms with Crippen molar-refractivity contribution in [3.05, 3.63) is 65.7 Å². The average Bonchev–Trinajstić information content (AvgIpc) is 3.37. The maximum absolute atomic E-state index is 12.8. The molecular weight excluding hydrogens is 317 g/mol. The number of amides is 1. The second kappa shape index (κ2) is 6.65. The third-order valence-electron chi connectivity index (χ3n) is 3.83. The zero-order valence-electron chi connectivity index (χ0n) is 12.8. The third kappa shape index (κ3) is 4.14. The lowest BCUT2D eigenvalue weighted by molar-refractivity contribution is -0.137. The van der Waals surface area contributed by atoms with Gasteiger partial charge >= 0.3 is 6.18 Å². The van der Waals surface area contributed by atoms with Gasteiger partial charge in [0, 0.05) is 11.7 Å². The summed E-state index contributed by atoms with van der Waals surface area (Å²) in [6.07, 6.45) is -2.44. The molecular formula is C18H17F3N2O. The lowest BCUT2D eigenvalue weighted by Gasteiger charge is -2.19. The molecule has 1 amide bonds. The highest BCUT2D eigenvalue weighted by Crippen LogP contribution is 2.31. The van der Waals surface area contributed by atoms with Crippen LogP contribution in [0.2, 0.25) is 0 Å². The van der Waals surface area contributed by atoms with Crippen molar-refractivity contribution in [2.24, 2.45) is 0 Å². The van der Waals surface area contributed by atoms with Crippen LogP contribution >= 0.6 is 0 Å². The number of hydrogen-bond donors (Lipinski definition) is 2. The van der Waals surface area contributed by atoms with Gasteiger partial charge < -0.3 is 5.32 Å². The van der Waals surface area contributed by atoms with Crippen molar-refractivity contribution in [1.29, 1.82) is 0 Å². The molecule has 1 atom stereocenters. The van der Waals surface area contributed by atoms with Crippen LogP contribution in [0, 0.1) is 0 Å². The lowest BCUT2D eigenvalue weighted by atomic mass is 10.1. The molecule has 0 saturated heterocycles. The van der Waals surface area contributed by atoms with E-state index in [-0.39, 0.29) is 17.6 Å². The fourth-order valence-electron chi connectivity index (χ4n) is 2.44. The average molecular weight is 334 g/mol. The summed E-state index contributed by atoms with van der Waals surface area (Å²) in [5.74, 6) is -0.368. The minimum atomic E-state index is -4.44. The number of carbonyl (C=O) groups excluding carboxylic acids is 1. The third-order valence-corrected chi connectivity index (χ3v) is 3.83. The van der Waals surface area contributed by atoms with Crippen LogP contribution in [0.15, 0.2) is 54.6 Å². The van der Waals surface area contributed by atoms with Crippen LogP contribution in [-0.4, -0.2) is 11.9 Å². The Labute approximate surface area is 137 Å². The Bertz CT molecular complexity index is 712. The molecule has 0 bridgehead atoms. The predicted octanol–water partition coefficient (Wildman–Crippen LogP) is 4.14. The number of benzene rings is 2. The molecule has 1 fully saturated rings. The van der Waals surface area contributed by atoms with Crippen LogP contribution in [-0.2, 0) is 11.0 Å². The Morgan fingerprint density at radius 2 is 1.75 bits per heavy atom. The molecule has 0 radical (unpaired) electrons. The maximum Gasteiger partial charge on any atom is 0.416 e. The maximum atomic E-state index is 12.8. The fraction of sp³-hybridized carbons (Fsp3) is 0.278. The number of anilines is 1. The smallest absolute Gasteiger partial charge is 0.324 e. The highest BCUT2D eigenvalue weighted by atomic mass is 19.4. The molecule has 3 nitrogen and oxygen atoms in total. The first-order chi connectivity index (χ1) is 11.4. The molecule has 126 valence electrons. The Kier molecular flexibility index (Phi) is 4.57. The number of nitrogens with one attached hydrogen (secondary N) is 2. The van der Waals surface area contributed by atoms with Crippen LogP contribution < -0.4 is 10.6 Å². The summed E-state index contributed by atoms with van der Waals surface area (Å²) in [7, 11) is 0. The van der Waals surface area contributed by atoms with Crippen molar-refractivity contribution in [2.75, 3.05) is 5.32 Å². The Morgan fingerprint density at radius 3 is 2.38 bits per heavy atom. The summed E-state index contributed by atoms with van der Waals surface area (Å²) in [6, 6.07) is 13.5. The highest BCUT2D eigenvalue weighted by Gasteiger charge is 2.32. The molecule has 1 aliphatic carbocycles. The summed E-state index contributed by atoms with van der Waals surface area (Å²) in [6.45, 7) is 0. The second-order valence-electron chi connectivity index (χ2n) is 5.85. The van der Waals surface area contributed by atoms with E-state index < -0.39 is 17.8 Å². The van der Waals surface area contributed by atoms with Gasteiger partial charge in [0.15, 0.2) is 0 Å². The van der Waals surface area contributed by atoms with Crippen molar-refractivity contribution in [2.45, 2.75) is 31.1 Å². The molecule has 1 aliphatic rings. The van der Waals surface area contributed by atoms with Gasteiger partial charge in [-0.25, -0.2) is 0 Å². The monoisotopic (exact) mass is 334 g/mol. The van der Waals surface area contributed by atoms with E-state index in [1.165, 1.54) is 12.1 Å². The molecule has 0 aromatic heterocycles. The summed E-state index contributed by atoms with van der Waals surface area (Å²) in [5, 5.41) is 5.82. The van der Waals surface area contributed by atoms with Gasteiger partial charge in [0.1, 0.15) is 6.04 Å². The number of halogens is 3. The topological polar surface area (TPSA) is 41.1 Å². The van der Waals surface area contributed by atoms with Crippen molar-refractivity contribution in [3.8, 4) is 0 Å². The molecule has 2 aromatic rings. The summed E-state index contributed by atoms with van der Waals surface area (Å²) >= 11 is 0. The first-order valence-electron chi connectivity index (χ1n) is 7.72. The first kappa shape index (κ1) is 16.5. The molecule has 3 rings (SSSR count). The summed E-state index contributed by atoms with van der Waals surface area (Å²) < 4.78 is 38.4. The second-order valence-corrected chi connectivity index (χ2v) is 5.85. The quantitative estimate of drug-likeness (QED) is 0.863. The van der Waals surface area contributed by atoms with E-state index in [9.17, 15) is 18.0 Å². The SMILES string of the molecule is O=C(Nc1cccc(C(F)(F)F)c1)C(NC1CC1)c1ccccc1. The van der Waals surface area contributed by atoms with Crippen LogP contribution in [0.4, 0.5) is 18.9 Å². The lowest BCUT2D eigenvalue weighted by Crippen LogP contribution is -2.34. The van der Waals surface area contributed by atoms with Gasteiger partial charge in [-0.15, -0.1) is 0 Å². The van der Waals surface area contributed by atoms with E-state index in [4.69, 9.17) is 0 Å². The van der Waals surface area contributed by atoms with Crippen molar-refractivity contribution < 1.29 is 18.0 Å². The molecule has 2 N–H and O–H groups in total. The van der Waals surface area contributed by atoms with Crippen molar-refractivity contribution >= 4 is 11.6 Å². The van der Waals surface area contributed by atoms with E-state index in [1.54, 1.807) is 0 Å². The molecule has 1 unspecified atom stereocenters. The summed E-state index contributed by atoms with van der Waals surface area (Å²) in [5.41, 5.74) is 0.133. The zero-order chi connectivity index (χ0) is 17.2. The predicted molar refractivity (Wildman–Crippen MR) is 85.4 cm³/mol. The van der Waals surface area contributed by atoms with Gasteiger partial charge in [-0.1, -0.05) is 36.4 Å². The molecule has 24 heavy (non-hydrogen) atoms. The van der Waals surface area contributed by atoms with Crippen LogP contribution in [0.5, 0.6) is 0 Å². The molecule has 2 aromatic carbocycles. The Balaban J connectivity index is 1.78. The van der Waals surface area contributed by atoms with E-state index in [1.807, 2.05) is 30.3 Å². The van der Waals surface area contributed by atoms with Crippen molar-refractivity contribution in [3.63, 3.8) is 0 Å². The number of rotatable bonds is 5. The van der Waals surface area contributed by atoms with E-state index in [0.29, 0.717) is 0 Å². The van der Waals surface area contributed by atoms with E-state index >= 15 is 0 Å². The highest BCUT2D eigenvalue weighted by molar-refractivity contribution is 5.95. The molecule has 0 spiro atoms. The molecule has 1 saturated carbocycles. The molecule has 0 heterocycles. The number of carbonyl (C=O) groups is 1. The normalized spacial score (nSPS) is 15.8. The van der Waals surface area contributed by atoms with Gasteiger partial charge in [-0.2, -0.15) is 13.2 Å². The van der Waals surface area contributed by atoms with Gasteiger partial charge in [0.2, 0.25) is 5.91 Å². The molecule has 0 aliphatic heterocycles. The van der Waals surface area contributed by atoms with Crippen LogP contribution in [0.25, 0.3) is 0 Å². The largest absolute Gasteiger partial charge is 0.416 e. The van der Waals surface area contributed by atoms with Gasteiger partial charge in [0.05, 0.1) is 5.56 Å².